The maximum atomic E-state index is 13.7. The molecule has 5 heteroatoms. The SMILES string of the molecule is CC(C)(C)NC(=O)C(F)(F)Oc1ccc(C(C)(C)C)cc1. The fourth-order valence-electron chi connectivity index (χ4n) is 1.63. The minimum Gasteiger partial charge on any atom is -0.425 e. The van der Waals surface area contributed by atoms with Gasteiger partial charge in [0, 0.05) is 5.54 Å². The molecule has 0 spiro atoms. The van der Waals surface area contributed by atoms with Crippen LogP contribution in [0.3, 0.4) is 0 Å². The van der Waals surface area contributed by atoms with Crippen molar-refractivity contribution >= 4 is 5.91 Å². The minimum atomic E-state index is -3.91. The van der Waals surface area contributed by atoms with Gasteiger partial charge in [-0.3, -0.25) is 4.79 Å². The molecule has 0 radical (unpaired) electrons. The van der Waals surface area contributed by atoms with E-state index in [1.54, 1.807) is 32.9 Å². The van der Waals surface area contributed by atoms with E-state index < -0.39 is 17.6 Å². The fourth-order valence-corrected chi connectivity index (χ4v) is 1.63. The van der Waals surface area contributed by atoms with Gasteiger partial charge in [0.25, 0.3) is 0 Å². The third-order valence-corrected chi connectivity index (χ3v) is 2.72. The van der Waals surface area contributed by atoms with Crippen LogP contribution in [0, 0.1) is 0 Å². The Morgan fingerprint density at radius 2 is 1.48 bits per heavy atom. The van der Waals surface area contributed by atoms with Crippen LogP contribution in [0.5, 0.6) is 5.75 Å². The van der Waals surface area contributed by atoms with Crippen molar-refractivity contribution in [1.29, 1.82) is 0 Å². The highest BCUT2D eigenvalue weighted by Crippen LogP contribution is 2.27. The molecule has 1 N–H and O–H groups in total. The standard InChI is InChI=1S/C16H23F2NO2/c1-14(2,3)11-7-9-12(10-8-11)21-16(17,18)13(20)19-15(4,5)6/h7-10H,1-6H3,(H,19,20). The summed E-state index contributed by atoms with van der Waals surface area (Å²) in [7, 11) is 0. The molecule has 0 heterocycles. The number of carbonyl (C=O) groups excluding carboxylic acids is 1. The first-order valence-electron chi connectivity index (χ1n) is 6.81. The van der Waals surface area contributed by atoms with E-state index in [1.165, 1.54) is 12.1 Å². The van der Waals surface area contributed by atoms with Crippen molar-refractivity contribution in [3.05, 3.63) is 29.8 Å². The first-order chi connectivity index (χ1) is 9.31. The normalized spacial score (nSPS) is 13.0. The van der Waals surface area contributed by atoms with Crippen molar-refractivity contribution in [2.24, 2.45) is 0 Å². The molecule has 0 atom stereocenters. The molecule has 0 aromatic heterocycles. The lowest BCUT2D eigenvalue weighted by atomic mass is 9.87. The number of benzene rings is 1. The molecule has 1 rings (SSSR count). The molecule has 0 unspecified atom stereocenters. The van der Waals surface area contributed by atoms with Gasteiger partial charge < -0.3 is 10.1 Å². The Kier molecular flexibility index (Phi) is 4.66. The van der Waals surface area contributed by atoms with E-state index in [-0.39, 0.29) is 11.2 Å². The summed E-state index contributed by atoms with van der Waals surface area (Å²) in [6.45, 7) is 10.9. The zero-order valence-electron chi connectivity index (χ0n) is 13.4. The van der Waals surface area contributed by atoms with Crippen LogP contribution < -0.4 is 10.1 Å². The van der Waals surface area contributed by atoms with E-state index >= 15 is 0 Å². The maximum absolute atomic E-state index is 13.7. The number of halogens is 2. The van der Waals surface area contributed by atoms with E-state index in [1.807, 2.05) is 20.8 Å². The van der Waals surface area contributed by atoms with Crippen molar-refractivity contribution < 1.29 is 18.3 Å². The van der Waals surface area contributed by atoms with Gasteiger partial charge in [-0.2, -0.15) is 8.78 Å². The van der Waals surface area contributed by atoms with Crippen LogP contribution in [0.15, 0.2) is 24.3 Å². The minimum absolute atomic E-state index is 0.0444. The maximum Gasteiger partial charge on any atom is 0.482 e. The molecule has 1 aromatic rings. The number of rotatable bonds is 3. The molecule has 118 valence electrons. The third kappa shape index (κ3) is 5.33. The number of ether oxygens (including phenoxy) is 1. The molecular weight excluding hydrogens is 276 g/mol. The molecule has 3 nitrogen and oxygen atoms in total. The smallest absolute Gasteiger partial charge is 0.425 e. The number of amides is 1. The largest absolute Gasteiger partial charge is 0.482 e. The average Bonchev–Trinajstić information content (AvgIpc) is 2.25. The van der Waals surface area contributed by atoms with Crippen LogP contribution in [0.25, 0.3) is 0 Å². The summed E-state index contributed by atoms with van der Waals surface area (Å²) in [6, 6.07) is 6.32. The van der Waals surface area contributed by atoms with Gasteiger partial charge in [0.15, 0.2) is 0 Å². The van der Waals surface area contributed by atoms with Gasteiger partial charge in [-0.25, -0.2) is 0 Å². The van der Waals surface area contributed by atoms with Gasteiger partial charge in [0.05, 0.1) is 0 Å². The zero-order chi connectivity index (χ0) is 16.5. The van der Waals surface area contributed by atoms with Gasteiger partial charge in [0.1, 0.15) is 5.75 Å². The zero-order valence-corrected chi connectivity index (χ0v) is 13.4. The van der Waals surface area contributed by atoms with Crippen molar-refractivity contribution in [3.8, 4) is 5.75 Å². The van der Waals surface area contributed by atoms with E-state index in [0.717, 1.165) is 5.56 Å². The van der Waals surface area contributed by atoms with Gasteiger partial charge in [0.2, 0.25) is 0 Å². The highest BCUT2D eigenvalue weighted by molar-refractivity contribution is 5.82. The summed E-state index contributed by atoms with van der Waals surface area (Å²) in [5.41, 5.74) is 0.169. The molecule has 1 amide bonds. The van der Waals surface area contributed by atoms with Crippen molar-refractivity contribution in [1.82, 2.24) is 5.32 Å². The fraction of sp³-hybridized carbons (Fsp3) is 0.562. The van der Waals surface area contributed by atoms with Gasteiger partial charge in [-0.15, -0.1) is 0 Å². The Labute approximate surface area is 124 Å². The van der Waals surface area contributed by atoms with E-state index in [2.05, 4.69) is 10.1 Å². The second-order valence-electron chi connectivity index (χ2n) is 7.10. The van der Waals surface area contributed by atoms with Crippen molar-refractivity contribution in [2.45, 2.75) is 58.6 Å². The summed E-state index contributed by atoms with van der Waals surface area (Å²) < 4.78 is 32.0. The monoisotopic (exact) mass is 299 g/mol. The molecule has 0 bridgehead atoms. The van der Waals surface area contributed by atoms with Crippen molar-refractivity contribution in [2.75, 3.05) is 0 Å². The molecule has 0 aliphatic rings. The van der Waals surface area contributed by atoms with Crippen LogP contribution >= 0.6 is 0 Å². The van der Waals surface area contributed by atoms with Gasteiger partial charge >= 0.3 is 12.0 Å². The number of nitrogens with one attached hydrogen (secondary N) is 1. The Hall–Kier alpha value is -1.65. The summed E-state index contributed by atoms with van der Waals surface area (Å²) in [4.78, 5) is 11.5. The molecule has 0 fully saturated rings. The second-order valence-corrected chi connectivity index (χ2v) is 7.10. The van der Waals surface area contributed by atoms with E-state index in [9.17, 15) is 13.6 Å². The van der Waals surface area contributed by atoms with E-state index in [4.69, 9.17) is 0 Å². The third-order valence-electron chi connectivity index (χ3n) is 2.72. The molecule has 0 saturated heterocycles. The van der Waals surface area contributed by atoms with Crippen molar-refractivity contribution in [3.63, 3.8) is 0 Å². The number of carbonyl (C=O) groups is 1. The van der Waals surface area contributed by atoms with Gasteiger partial charge in [-0.05, 0) is 43.9 Å². The predicted molar refractivity (Wildman–Crippen MR) is 78.6 cm³/mol. The summed E-state index contributed by atoms with van der Waals surface area (Å²) in [6.07, 6.45) is -3.91. The van der Waals surface area contributed by atoms with Gasteiger partial charge in [-0.1, -0.05) is 32.9 Å². The average molecular weight is 299 g/mol. The highest BCUT2D eigenvalue weighted by atomic mass is 19.3. The summed E-state index contributed by atoms with van der Waals surface area (Å²) >= 11 is 0. The van der Waals surface area contributed by atoms with Crippen LogP contribution in [0.1, 0.15) is 47.1 Å². The molecule has 0 aliphatic heterocycles. The highest BCUT2D eigenvalue weighted by Gasteiger charge is 2.43. The lowest BCUT2D eigenvalue weighted by Crippen LogP contribution is -2.51. The Morgan fingerprint density at radius 1 is 1.00 bits per heavy atom. The second kappa shape index (κ2) is 5.62. The van der Waals surface area contributed by atoms with Crippen LogP contribution in [-0.4, -0.2) is 17.6 Å². The Morgan fingerprint density at radius 3 is 1.86 bits per heavy atom. The lowest BCUT2D eigenvalue weighted by Gasteiger charge is -2.25. The summed E-state index contributed by atoms with van der Waals surface area (Å²) in [5.74, 6) is -1.49. The molecule has 0 aliphatic carbocycles. The predicted octanol–water partition coefficient (Wildman–Crippen LogP) is 3.87. The number of alkyl halides is 2. The van der Waals surface area contributed by atoms with Crippen LogP contribution in [-0.2, 0) is 10.2 Å². The quantitative estimate of drug-likeness (QED) is 0.920. The first-order valence-corrected chi connectivity index (χ1v) is 6.81. The topological polar surface area (TPSA) is 38.3 Å². The molecule has 0 saturated carbocycles. The Balaban J connectivity index is 2.82. The van der Waals surface area contributed by atoms with Crippen LogP contribution in [0.2, 0.25) is 0 Å². The molecule has 21 heavy (non-hydrogen) atoms. The number of hydrogen-bond donors (Lipinski definition) is 1. The van der Waals surface area contributed by atoms with Crippen LogP contribution in [0.4, 0.5) is 8.78 Å². The molecule has 1 aromatic carbocycles. The Bertz CT molecular complexity index is 496. The van der Waals surface area contributed by atoms with E-state index in [0.29, 0.717) is 0 Å². The first kappa shape index (κ1) is 17.4. The molecular formula is C16H23F2NO2. The number of hydrogen-bond acceptors (Lipinski definition) is 2. The lowest BCUT2D eigenvalue weighted by molar-refractivity contribution is -0.194. The summed E-state index contributed by atoms with van der Waals surface area (Å²) in [5, 5.41) is 2.20.